The van der Waals surface area contributed by atoms with Crippen LogP contribution in [-0.2, 0) is 0 Å². The fraction of sp³-hybridized carbons (Fsp3) is 0.889. The van der Waals surface area contributed by atoms with Crippen LogP contribution in [0.15, 0.2) is 0 Å². The Morgan fingerprint density at radius 1 is 0.688 bits per heavy atom. The SMILES string of the molecule is O=C(N(CCO)CCO)N(CCO)CCO. The molecule has 0 fully saturated rings. The molecule has 0 atom stereocenters. The first-order chi connectivity index (χ1) is 7.71. The van der Waals surface area contributed by atoms with Gasteiger partial charge < -0.3 is 30.2 Å². The van der Waals surface area contributed by atoms with Crippen molar-refractivity contribution < 1.29 is 25.2 Å². The molecular weight excluding hydrogens is 216 g/mol. The molecule has 0 bridgehead atoms. The number of carbonyl (C=O) groups is 1. The van der Waals surface area contributed by atoms with Crippen LogP contribution >= 0.6 is 0 Å². The Balaban J connectivity index is 4.38. The Bertz CT molecular complexity index is 161. The topological polar surface area (TPSA) is 104 Å². The average Bonchev–Trinajstić information content (AvgIpc) is 2.27. The smallest absolute Gasteiger partial charge is 0.320 e. The van der Waals surface area contributed by atoms with E-state index in [1.807, 2.05) is 0 Å². The van der Waals surface area contributed by atoms with Crippen LogP contribution in [0.1, 0.15) is 0 Å². The molecule has 0 heterocycles. The van der Waals surface area contributed by atoms with Gasteiger partial charge in [-0.3, -0.25) is 0 Å². The summed E-state index contributed by atoms with van der Waals surface area (Å²) in [5.41, 5.74) is 0. The number of hydrogen-bond donors (Lipinski definition) is 4. The highest BCUT2D eigenvalue weighted by Gasteiger charge is 2.19. The van der Waals surface area contributed by atoms with Crippen LogP contribution in [0.5, 0.6) is 0 Å². The van der Waals surface area contributed by atoms with Crippen molar-refractivity contribution in [2.75, 3.05) is 52.6 Å². The Morgan fingerprint density at radius 2 is 0.938 bits per heavy atom. The summed E-state index contributed by atoms with van der Waals surface area (Å²) in [6.45, 7) is -0.315. The molecule has 0 aromatic carbocycles. The fourth-order valence-corrected chi connectivity index (χ4v) is 1.29. The molecule has 0 aliphatic rings. The van der Waals surface area contributed by atoms with Gasteiger partial charge >= 0.3 is 6.03 Å². The minimum atomic E-state index is -0.411. The summed E-state index contributed by atoms with van der Waals surface area (Å²) in [7, 11) is 0. The molecule has 0 aliphatic carbocycles. The highest BCUT2D eigenvalue weighted by Crippen LogP contribution is 1.98. The first-order valence-electron chi connectivity index (χ1n) is 5.18. The molecule has 7 nitrogen and oxygen atoms in total. The molecule has 0 spiro atoms. The third-order valence-corrected chi connectivity index (χ3v) is 2.02. The molecule has 0 saturated heterocycles. The molecule has 2 amide bonds. The van der Waals surface area contributed by atoms with Crippen molar-refractivity contribution in [2.24, 2.45) is 0 Å². The van der Waals surface area contributed by atoms with Crippen LogP contribution in [0.2, 0.25) is 0 Å². The second kappa shape index (κ2) is 9.34. The van der Waals surface area contributed by atoms with E-state index >= 15 is 0 Å². The quantitative estimate of drug-likeness (QED) is 0.379. The minimum absolute atomic E-state index is 0.118. The van der Waals surface area contributed by atoms with Gasteiger partial charge in [-0.2, -0.15) is 0 Å². The molecule has 0 unspecified atom stereocenters. The molecule has 0 saturated carbocycles. The Hall–Kier alpha value is -0.890. The third-order valence-electron chi connectivity index (χ3n) is 2.02. The summed E-state index contributed by atoms with van der Waals surface area (Å²) in [6.07, 6.45) is 0. The van der Waals surface area contributed by atoms with E-state index in [1.54, 1.807) is 0 Å². The molecule has 16 heavy (non-hydrogen) atoms. The summed E-state index contributed by atoms with van der Waals surface area (Å²) in [6, 6.07) is -0.411. The van der Waals surface area contributed by atoms with Gasteiger partial charge in [0.25, 0.3) is 0 Å². The van der Waals surface area contributed by atoms with E-state index in [-0.39, 0.29) is 52.6 Å². The van der Waals surface area contributed by atoms with Crippen LogP contribution in [0.4, 0.5) is 4.79 Å². The van der Waals surface area contributed by atoms with Crippen LogP contribution in [0.25, 0.3) is 0 Å². The zero-order valence-electron chi connectivity index (χ0n) is 9.25. The third kappa shape index (κ3) is 5.26. The van der Waals surface area contributed by atoms with Crippen molar-refractivity contribution in [3.63, 3.8) is 0 Å². The Labute approximate surface area is 94.5 Å². The van der Waals surface area contributed by atoms with Crippen molar-refractivity contribution in [3.8, 4) is 0 Å². The van der Waals surface area contributed by atoms with Gasteiger partial charge in [0, 0.05) is 26.2 Å². The van der Waals surface area contributed by atoms with E-state index in [0.29, 0.717) is 0 Å². The minimum Gasteiger partial charge on any atom is -0.395 e. The number of hydrogen-bond acceptors (Lipinski definition) is 5. The van der Waals surface area contributed by atoms with E-state index < -0.39 is 6.03 Å². The number of aliphatic hydroxyl groups excluding tert-OH is 4. The molecule has 96 valence electrons. The lowest BCUT2D eigenvalue weighted by atomic mass is 10.4. The molecule has 0 aromatic heterocycles. The Kier molecular flexibility index (Phi) is 8.82. The predicted octanol–water partition coefficient (Wildman–Crippen LogP) is -2.32. The molecule has 4 N–H and O–H groups in total. The summed E-state index contributed by atoms with van der Waals surface area (Å²) < 4.78 is 0. The normalized spacial score (nSPS) is 10.2. The fourth-order valence-electron chi connectivity index (χ4n) is 1.29. The zero-order valence-corrected chi connectivity index (χ0v) is 9.25. The van der Waals surface area contributed by atoms with Crippen LogP contribution < -0.4 is 0 Å². The first-order valence-corrected chi connectivity index (χ1v) is 5.18. The lowest BCUT2D eigenvalue weighted by molar-refractivity contribution is 0.110. The highest BCUT2D eigenvalue weighted by molar-refractivity contribution is 5.74. The van der Waals surface area contributed by atoms with Crippen LogP contribution in [-0.4, -0.2) is 88.9 Å². The summed E-state index contributed by atoms with van der Waals surface area (Å²) in [5, 5.41) is 35.0. The second-order valence-corrected chi connectivity index (χ2v) is 3.15. The molecule has 0 rings (SSSR count). The van der Waals surface area contributed by atoms with Gasteiger partial charge in [-0.05, 0) is 0 Å². The number of nitrogens with zero attached hydrogens (tertiary/aromatic N) is 2. The Morgan fingerprint density at radius 3 is 1.12 bits per heavy atom. The average molecular weight is 236 g/mol. The number of amides is 2. The van der Waals surface area contributed by atoms with Crippen molar-refractivity contribution in [3.05, 3.63) is 0 Å². The van der Waals surface area contributed by atoms with Crippen LogP contribution in [0.3, 0.4) is 0 Å². The molecule has 7 heteroatoms. The molecule has 0 aromatic rings. The van der Waals surface area contributed by atoms with Gasteiger partial charge in [-0.25, -0.2) is 4.79 Å². The second-order valence-electron chi connectivity index (χ2n) is 3.15. The van der Waals surface area contributed by atoms with Gasteiger partial charge in [0.05, 0.1) is 26.4 Å². The number of carbonyl (C=O) groups excluding carboxylic acids is 1. The van der Waals surface area contributed by atoms with Crippen LogP contribution in [0, 0.1) is 0 Å². The zero-order chi connectivity index (χ0) is 12.4. The molecule has 0 radical (unpaired) electrons. The van der Waals surface area contributed by atoms with E-state index in [2.05, 4.69) is 0 Å². The van der Waals surface area contributed by atoms with Crippen molar-refractivity contribution in [2.45, 2.75) is 0 Å². The highest BCUT2D eigenvalue weighted by atomic mass is 16.3. The van der Waals surface area contributed by atoms with Gasteiger partial charge in [0.2, 0.25) is 0 Å². The number of urea groups is 1. The van der Waals surface area contributed by atoms with Gasteiger partial charge in [-0.15, -0.1) is 0 Å². The van der Waals surface area contributed by atoms with E-state index in [4.69, 9.17) is 20.4 Å². The molecule has 0 aliphatic heterocycles. The van der Waals surface area contributed by atoms with E-state index in [0.717, 1.165) is 0 Å². The van der Waals surface area contributed by atoms with E-state index in [1.165, 1.54) is 9.80 Å². The van der Waals surface area contributed by atoms with Crippen molar-refractivity contribution >= 4 is 6.03 Å². The van der Waals surface area contributed by atoms with Gasteiger partial charge in [0.15, 0.2) is 0 Å². The van der Waals surface area contributed by atoms with Crippen molar-refractivity contribution in [1.82, 2.24) is 9.80 Å². The van der Waals surface area contributed by atoms with Gasteiger partial charge in [-0.1, -0.05) is 0 Å². The summed E-state index contributed by atoms with van der Waals surface area (Å²) >= 11 is 0. The largest absolute Gasteiger partial charge is 0.395 e. The van der Waals surface area contributed by atoms with Gasteiger partial charge in [0.1, 0.15) is 0 Å². The monoisotopic (exact) mass is 236 g/mol. The maximum Gasteiger partial charge on any atom is 0.320 e. The van der Waals surface area contributed by atoms with E-state index in [9.17, 15) is 4.79 Å². The number of aliphatic hydroxyl groups is 4. The lowest BCUT2D eigenvalue weighted by Crippen LogP contribution is -2.47. The number of rotatable bonds is 8. The predicted molar refractivity (Wildman–Crippen MR) is 56.9 cm³/mol. The summed E-state index contributed by atoms with van der Waals surface area (Å²) in [4.78, 5) is 14.3. The maximum atomic E-state index is 11.8. The summed E-state index contributed by atoms with van der Waals surface area (Å²) in [5.74, 6) is 0. The standard InChI is InChI=1S/C9H20N2O5/c12-5-1-10(2-6-13)9(16)11(3-7-14)4-8-15/h12-15H,1-8H2. The first kappa shape index (κ1) is 15.1. The maximum absolute atomic E-state index is 11.8. The lowest BCUT2D eigenvalue weighted by Gasteiger charge is -2.29. The van der Waals surface area contributed by atoms with Crippen molar-refractivity contribution in [1.29, 1.82) is 0 Å². The molecular formula is C9H20N2O5.